The zero-order chi connectivity index (χ0) is 21.3. The molecule has 4 rings (SSSR count). The number of aromatic nitrogens is 2. The van der Waals surface area contributed by atoms with Gasteiger partial charge in [-0.15, -0.1) is 0 Å². The highest BCUT2D eigenvalue weighted by Crippen LogP contribution is 2.25. The molecule has 0 radical (unpaired) electrons. The van der Waals surface area contributed by atoms with E-state index in [1.807, 2.05) is 29.5 Å². The van der Waals surface area contributed by atoms with Gasteiger partial charge in [-0.1, -0.05) is 24.3 Å². The number of rotatable bonds is 6. The normalized spacial score (nSPS) is 11.7. The van der Waals surface area contributed by atoms with E-state index >= 15 is 0 Å². The second-order valence-corrected chi connectivity index (χ2v) is 9.37. The molecule has 0 N–H and O–H groups in total. The van der Waals surface area contributed by atoms with Crippen LogP contribution in [0.15, 0.2) is 83.0 Å². The first-order chi connectivity index (χ1) is 14.3. The molecule has 2 aromatic carbocycles. The Hall–Kier alpha value is -3.25. The molecule has 0 fully saturated rings. The van der Waals surface area contributed by atoms with E-state index in [0.717, 1.165) is 22.3 Å². The second kappa shape index (κ2) is 7.88. The van der Waals surface area contributed by atoms with Crippen LogP contribution >= 0.6 is 0 Å². The lowest BCUT2D eigenvalue weighted by molar-refractivity contribution is 0.0982. The molecule has 0 saturated heterocycles. The number of Topliss-reactive ketones (excluding diaryl/α,β-unsaturated/α-hetero) is 1. The summed E-state index contributed by atoms with van der Waals surface area (Å²) in [6.07, 6.45) is 6.18. The number of carbonyl (C=O) groups is 1. The number of fused-ring (bicyclic) bond motifs is 1. The fraction of sp³-hybridized carbons (Fsp3) is 0.167. The molecule has 0 aliphatic carbocycles. The SMILES string of the molecule is Cc1ccc(C)c(S(=O)(=O)c2ccc(CCC(=O)c3ccc4nccn4c3)cc2)c1. The van der Waals surface area contributed by atoms with Crippen molar-refractivity contribution in [3.05, 3.63) is 95.4 Å². The maximum Gasteiger partial charge on any atom is 0.206 e. The largest absolute Gasteiger partial charge is 0.306 e. The Morgan fingerprint density at radius 2 is 1.77 bits per heavy atom. The number of aryl methyl sites for hydroxylation is 3. The summed E-state index contributed by atoms with van der Waals surface area (Å²) in [6.45, 7) is 3.68. The van der Waals surface area contributed by atoms with Gasteiger partial charge < -0.3 is 4.40 Å². The van der Waals surface area contributed by atoms with Gasteiger partial charge in [0.15, 0.2) is 5.78 Å². The molecule has 30 heavy (non-hydrogen) atoms. The van der Waals surface area contributed by atoms with Crippen LogP contribution in [0.25, 0.3) is 5.65 Å². The van der Waals surface area contributed by atoms with Crippen LogP contribution < -0.4 is 0 Å². The molecule has 2 heterocycles. The average Bonchev–Trinajstić information content (AvgIpc) is 3.22. The maximum atomic E-state index is 13.0. The molecule has 0 atom stereocenters. The number of imidazole rings is 1. The fourth-order valence-corrected chi connectivity index (χ4v) is 5.03. The summed E-state index contributed by atoms with van der Waals surface area (Å²) in [5.74, 6) is 0.0395. The third-order valence-corrected chi connectivity index (χ3v) is 7.13. The molecular weight excluding hydrogens is 396 g/mol. The van der Waals surface area contributed by atoms with Crippen LogP contribution in [0.3, 0.4) is 0 Å². The van der Waals surface area contributed by atoms with E-state index in [1.54, 1.807) is 61.9 Å². The molecule has 152 valence electrons. The van der Waals surface area contributed by atoms with Gasteiger partial charge in [-0.3, -0.25) is 4.79 Å². The number of carbonyl (C=O) groups excluding carboxylic acids is 1. The van der Waals surface area contributed by atoms with E-state index in [9.17, 15) is 13.2 Å². The lowest BCUT2D eigenvalue weighted by Crippen LogP contribution is -2.05. The molecule has 0 spiro atoms. The van der Waals surface area contributed by atoms with Crippen LogP contribution in [0.4, 0.5) is 0 Å². The van der Waals surface area contributed by atoms with E-state index in [2.05, 4.69) is 4.98 Å². The molecule has 0 saturated carbocycles. The number of ketones is 1. The number of hydrogen-bond donors (Lipinski definition) is 0. The van der Waals surface area contributed by atoms with E-state index in [0.29, 0.717) is 23.3 Å². The summed E-state index contributed by atoms with van der Waals surface area (Å²) in [7, 11) is -3.57. The van der Waals surface area contributed by atoms with Crippen molar-refractivity contribution in [2.45, 2.75) is 36.5 Å². The highest BCUT2D eigenvalue weighted by atomic mass is 32.2. The van der Waals surface area contributed by atoms with E-state index in [-0.39, 0.29) is 10.7 Å². The minimum absolute atomic E-state index is 0.0395. The average molecular weight is 419 g/mol. The first kappa shape index (κ1) is 20.0. The zero-order valence-electron chi connectivity index (χ0n) is 16.9. The van der Waals surface area contributed by atoms with Crippen molar-refractivity contribution in [2.24, 2.45) is 0 Å². The van der Waals surface area contributed by atoms with E-state index < -0.39 is 9.84 Å². The molecule has 5 nitrogen and oxygen atoms in total. The first-order valence-corrected chi connectivity index (χ1v) is 11.2. The van der Waals surface area contributed by atoms with Crippen LogP contribution in [0.2, 0.25) is 0 Å². The Morgan fingerprint density at radius 3 is 2.53 bits per heavy atom. The quantitative estimate of drug-likeness (QED) is 0.429. The number of pyridine rings is 1. The molecule has 0 aliphatic rings. The van der Waals surface area contributed by atoms with Crippen LogP contribution in [0.1, 0.15) is 33.5 Å². The molecule has 0 amide bonds. The van der Waals surface area contributed by atoms with Gasteiger partial charge in [-0.25, -0.2) is 13.4 Å². The zero-order valence-corrected chi connectivity index (χ0v) is 17.7. The van der Waals surface area contributed by atoms with Crippen molar-refractivity contribution in [2.75, 3.05) is 0 Å². The monoisotopic (exact) mass is 418 g/mol. The molecule has 2 aromatic heterocycles. The van der Waals surface area contributed by atoms with Gasteiger partial charge in [-0.2, -0.15) is 0 Å². The Bertz CT molecular complexity index is 1340. The number of sulfone groups is 1. The van der Waals surface area contributed by atoms with Crippen molar-refractivity contribution in [1.82, 2.24) is 9.38 Å². The molecule has 0 aliphatic heterocycles. The molecular formula is C24H22N2O3S. The van der Waals surface area contributed by atoms with E-state index in [4.69, 9.17) is 0 Å². The minimum Gasteiger partial charge on any atom is -0.306 e. The maximum absolute atomic E-state index is 13.0. The molecule has 6 heteroatoms. The van der Waals surface area contributed by atoms with Crippen LogP contribution in [0.5, 0.6) is 0 Å². The summed E-state index contributed by atoms with van der Waals surface area (Å²) in [6, 6.07) is 15.8. The summed E-state index contributed by atoms with van der Waals surface area (Å²) in [4.78, 5) is 17.3. The van der Waals surface area contributed by atoms with Crippen LogP contribution in [0, 0.1) is 13.8 Å². The minimum atomic E-state index is -3.57. The number of nitrogens with zero attached hydrogens (tertiary/aromatic N) is 2. The number of hydrogen-bond acceptors (Lipinski definition) is 4. The summed E-state index contributed by atoms with van der Waals surface area (Å²) in [5.41, 5.74) is 3.99. The molecule has 0 bridgehead atoms. The van der Waals surface area contributed by atoms with Crippen molar-refractivity contribution in [3.63, 3.8) is 0 Å². The van der Waals surface area contributed by atoms with Crippen molar-refractivity contribution in [1.29, 1.82) is 0 Å². The smallest absolute Gasteiger partial charge is 0.206 e. The van der Waals surface area contributed by atoms with Crippen molar-refractivity contribution >= 4 is 21.3 Å². The van der Waals surface area contributed by atoms with Crippen molar-refractivity contribution in [3.8, 4) is 0 Å². The highest BCUT2D eigenvalue weighted by molar-refractivity contribution is 7.91. The van der Waals surface area contributed by atoms with Crippen LogP contribution in [-0.4, -0.2) is 23.6 Å². The van der Waals surface area contributed by atoms with Gasteiger partial charge >= 0.3 is 0 Å². The lowest BCUT2D eigenvalue weighted by atomic mass is 10.0. The topological polar surface area (TPSA) is 68.5 Å². The van der Waals surface area contributed by atoms with Gasteiger partial charge in [0.05, 0.1) is 9.79 Å². The van der Waals surface area contributed by atoms with Crippen molar-refractivity contribution < 1.29 is 13.2 Å². The summed E-state index contributed by atoms with van der Waals surface area (Å²) in [5, 5.41) is 0. The number of benzene rings is 2. The third-order valence-electron chi connectivity index (χ3n) is 5.22. The Morgan fingerprint density at radius 1 is 1.00 bits per heavy atom. The Kier molecular flexibility index (Phi) is 5.26. The lowest BCUT2D eigenvalue weighted by Gasteiger charge is -2.10. The summed E-state index contributed by atoms with van der Waals surface area (Å²) < 4.78 is 27.8. The van der Waals surface area contributed by atoms with Crippen LogP contribution in [-0.2, 0) is 16.3 Å². The summed E-state index contributed by atoms with van der Waals surface area (Å²) >= 11 is 0. The third kappa shape index (κ3) is 3.91. The second-order valence-electron chi connectivity index (χ2n) is 7.45. The van der Waals surface area contributed by atoms with Gasteiger partial charge in [0.2, 0.25) is 9.84 Å². The van der Waals surface area contributed by atoms with E-state index in [1.165, 1.54) is 0 Å². The predicted molar refractivity (Wildman–Crippen MR) is 116 cm³/mol. The molecule has 0 unspecified atom stereocenters. The van der Waals surface area contributed by atoms with Gasteiger partial charge in [0, 0.05) is 30.6 Å². The fourth-order valence-electron chi connectivity index (χ4n) is 3.45. The first-order valence-electron chi connectivity index (χ1n) is 9.72. The Balaban J connectivity index is 1.48. The highest BCUT2D eigenvalue weighted by Gasteiger charge is 2.20. The molecule has 4 aromatic rings. The predicted octanol–water partition coefficient (Wildman–Crippen LogP) is 4.60. The van der Waals surface area contributed by atoms with Gasteiger partial charge in [0.1, 0.15) is 5.65 Å². The standard InChI is InChI=1S/C24H22N2O3S/c1-17-3-4-18(2)23(15-17)30(28,29)21-9-5-19(6-10-21)7-11-22(27)20-8-12-24-25-13-14-26(24)16-20/h3-6,8-10,12-16H,7,11H2,1-2H3. The van der Waals surface area contributed by atoms with Gasteiger partial charge in [-0.05, 0) is 67.3 Å². The Labute approximate surface area is 175 Å². The van der Waals surface area contributed by atoms with Gasteiger partial charge in [0.25, 0.3) is 0 Å².